The van der Waals surface area contributed by atoms with Crippen molar-refractivity contribution in [2.45, 2.75) is 13.8 Å². The lowest BCUT2D eigenvalue weighted by atomic mass is 10.2. The normalized spacial score (nSPS) is 10.4. The van der Waals surface area contributed by atoms with Crippen molar-refractivity contribution in [1.82, 2.24) is 4.90 Å². The Bertz CT molecular complexity index is 424. The number of methoxy groups -OCH3 is 1. The zero-order chi connectivity index (χ0) is 13.7. The Labute approximate surface area is 105 Å². The summed E-state index contributed by atoms with van der Waals surface area (Å²) >= 11 is 0. The van der Waals surface area contributed by atoms with E-state index < -0.39 is 11.9 Å². The first kappa shape index (κ1) is 14.1. The van der Waals surface area contributed by atoms with Crippen molar-refractivity contribution in [3.63, 3.8) is 0 Å². The largest absolute Gasteiger partial charge is 0.480 e. The summed E-state index contributed by atoms with van der Waals surface area (Å²) in [5.41, 5.74) is 0. The van der Waals surface area contributed by atoms with Gasteiger partial charge < -0.3 is 19.2 Å². The van der Waals surface area contributed by atoms with Crippen LogP contribution >= 0.6 is 0 Å². The number of hydrogen-bond donors (Lipinski definition) is 1. The van der Waals surface area contributed by atoms with Crippen LogP contribution in [0.5, 0.6) is 5.95 Å². The first-order chi connectivity index (χ1) is 8.43. The molecule has 0 saturated carbocycles. The molecule has 6 nitrogen and oxygen atoms in total. The molecule has 1 amide bonds. The summed E-state index contributed by atoms with van der Waals surface area (Å²) in [7, 11) is 1.43. The van der Waals surface area contributed by atoms with E-state index in [4.69, 9.17) is 14.3 Å². The molecule has 1 N–H and O–H groups in total. The van der Waals surface area contributed by atoms with Crippen molar-refractivity contribution in [3.05, 3.63) is 17.9 Å². The fourth-order valence-corrected chi connectivity index (χ4v) is 1.52. The highest BCUT2D eigenvalue weighted by Crippen LogP contribution is 2.17. The molecule has 1 heterocycles. The molecule has 0 saturated heterocycles. The number of nitrogens with zero attached hydrogens (tertiary/aromatic N) is 1. The van der Waals surface area contributed by atoms with Crippen LogP contribution in [0.2, 0.25) is 0 Å². The topological polar surface area (TPSA) is 80.0 Å². The highest BCUT2D eigenvalue weighted by Gasteiger charge is 2.22. The molecule has 0 aliphatic carbocycles. The standard InChI is InChI=1S/C12H17NO5/c1-8(2)6-13(7-10(14)15)12(16)9-4-5-11(17-3)18-9/h4-5,8H,6-7H2,1-3H3,(H,14,15). The van der Waals surface area contributed by atoms with E-state index in [1.165, 1.54) is 24.1 Å². The summed E-state index contributed by atoms with van der Waals surface area (Å²) in [5, 5.41) is 8.79. The van der Waals surface area contributed by atoms with Crippen LogP contribution in [0.25, 0.3) is 0 Å². The van der Waals surface area contributed by atoms with Gasteiger partial charge in [0.1, 0.15) is 6.54 Å². The van der Waals surface area contributed by atoms with Crippen molar-refractivity contribution in [1.29, 1.82) is 0 Å². The Morgan fingerprint density at radius 1 is 1.44 bits per heavy atom. The first-order valence-electron chi connectivity index (χ1n) is 5.59. The van der Waals surface area contributed by atoms with Crippen molar-refractivity contribution < 1.29 is 23.8 Å². The minimum Gasteiger partial charge on any atom is -0.480 e. The van der Waals surface area contributed by atoms with E-state index in [0.717, 1.165) is 0 Å². The number of hydrogen-bond acceptors (Lipinski definition) is 4. The molecule has 0 spiro atoms. The molecule has 0 aromatic carbocycles. The number of rotatable bonds is 6. The van der Waals surface area contributed by atoms with Crippen molar-refractivity contribution in [2.75, 3.05) is 20.2 Å². The summed E-state index contributed by atoms with van der Waals surface area (Å²) in [6, 6.07) is 2.98. The van der Waals surface area contributed by atoms with E-state index in [1.54, 1.807) is 0 Å². The van der Waals surface area contributed by atoms with Gasteiger partial charge in [0.05, 0.1) is 7.11 Å². The van der Waals surface area contributed by atoms with E-state index in [9.17, 15) is 9.59 Å². The molecule has 1 aromatic rings. The van der Waals surface area contributed by atoms with Gasteiger partial charge in [-0.25, -0.2) is 0 Å². The Morgan fingerprint density at radius 2 is 2.11 bits per heavy atom. The highest BCUT2D eigenvalue weighted by molar-refractivity contribution is 5.93. The van der Waals surface area contributed by atoms with Gasteiger partial charge in [0, 0.05) is 12.6 Å². The highest BCUT2D eigenvalue weighted by atomic mass is 16.6. The van der Waals surface area contributed by atoms with Gasteiger partial charge in [-0.05, 0) is 12.0 Å². The van der Waals surface area contributed by atoms with Crippen LogP contribution in [0.3, 0.4) is 0 Å². The van der Waals surface area contributed by atoms with Crippen molar-refractivity contribution in [3.8, 4) is 5.95 Å². The lowest BCUT2D eigenvalue weighted by molar-refractivity contribution is -0.137. The van der Waals surface area contributed by atoms with E-state index in [2.05, 4.69) is 0 Å². The molecule has 1 aromatic heterocycles. The minimum absolute atomic E-state index is 0.0775. The minimum atomic E-state index is -1.05. The van der Waals surface area contributed by atoms with Crippen LogP contribution in [-0.2, 0) is 4.79 Å². The van der Waals surface area contributed by atoms with Gasteiger partial charge in [0.2, 0.25) is 0 Å². The molecule has 6 heteroatoms. The average molecular weight is 255 g/mol. The van der Waals surface area contributed by atoms with Crippen LogP contribution in [0.15, 0.2) is 16.5 Å². The number of carboxylic acid groups (broad SMARTS) is 1. The van der Waals surface area contributed by atoms with Crippen LogP contribution in [0.4, 0.5) is 0 Å². The quantitative estimate of drug-likeness (QED) is 0.832. The molecule has 0 atom stereocenters. The third-order valence-corrected chi connectivity index (χ3v) is 2.19. The lowest BCUT2D eigenvalue weighted by Gasteiger charge is -2.21. The van der Waals surface area contributed by atoms with E-state index in [-0.39, 0.29) is 24.2 Å². The lowest BCUT2D eigenvalue weighted by Crippen LogP contribution is -2.38. The monoisotopic (exact) mass is 255 g/mol. The number of furan rings is 1. The summed E-state index contributed by atoms with van der Waals surface area (Å²) in [6.07, 6.45) is 0. The summed E-state index contributed by atoms with van der Waals surface area (Å²) in [5.74, 6) is -1.03. The third kappa shape index (κ3) is 3.80. The molecule has 1 rings (SSSR count). The fraction of sp³-hybridized carbons (Fsp3) is 0.500. The van der Waals surface area contributed by atoms with Crippen LogP contribution in [0.1, 0.15) is 24.4 Å². The fourth-order valence-electron chi connectivity index (χ4n) is 1.52. The number of ether oxygens (including phenoxy) is 1. The molecule has 0 unspecified atom stereocenters. The second-order valence-corrected chi connectivity index (χ2v) is 4.30. The third-order valence-electron chi connectivity index (χ3n) is 2.19. The van der Waals surface area contributed by atoms with E-state index in [0.29, 0.717) is 6.54 Å². The Hall–Kier alpha value is -1.98. The summed E-state index contributed by atoms with van der Waals surface area (Å²) < 4.78 is 9.97. The summed E-state index contributed by atoms with van der Waals surface area (Å²) in [6.45, 7) is 3.82. The molecule has 0 aliphatic rings. The molecular formula is C12H17NO5. The second kappa shape index (κ2) is 6.09. The molecule has 0 radical (unpaired) electrons. The maximum absolute atomic E-state index is 12.1. The number of aliphatic carboxylic acids is 1. The van der Waals surface area contributed by atoms with E-state index >= 15 is 0 Å². The smallest absolute Gasteiger partial charge is 0.323 e. The SMILES string of the molecule is COc1ccc(C(=O)N(CC(=O)O)CC(C)C)o1. The number of carboxylic acids is 1. The second-order valence-electron chi connectivity index (χ2n) is 4.30. The maximum Gasteiger partial charge on any atom is 0.323 e. The maximum atomic E-state index is 12.1. The van der Waals surface area contributed by atoms with Gasteiger partial charge in [-0.2, -0.15) is 0 Å². The van der Waals surface area contributed by atoms with Crippen LogP contribution in [0, 0.1) is 5.92 Å². The summed E-state index contributed by atoms with van der Waals surface area (Å²) in [4.78, 5) is 24.0. The molecular weight excluding hydrogens is 238 g/mol. The van der Waals surface area contributed by atoms with Gasteiger partial charge in [-0.3, -0.25) is 9.59 Å². The number of amides is 1. The van der Waals surface area contributed by atoms with Gasteiger partial charge in [0.25, 0.3) is 11.9 Å². The Morgan fingerprint density at radius 3 is 2.56 bits per heavy atom. The zero-order valence-corrected chi connectivity index (χ0v) is 10.7. The first-order valence-corrected chi connectivity index (χ1v) is 5.59. The number of carbonyl (C=O) groups excluding carboxylic acids is 1. The van der Waals surface area contributed by atoms with Crippen LogP contribution < -0.4 is 4.74 Å². The van der Waals surface area contributed by atoms with Gasteiger partial charge in [-0.1, -0.05) is 13.8 Å². The van der Waals surface area contributed by atoms with Gasteiger partial charge in [-0.15, -0.1) is 0 Å². The molecule has 0 aliphatic heterocycles. The number of carbonyl (C=O) groups is 2. The van der Waals surface area contributed by atoms with Gasteiger partial charge >= 0.3 is 5.97 Å². The predicted molar refractivity (Wildman–Crippen MR) is 63.6 cm³/mol. The Kier molecular flexibility index (Phi) is 4.76. The molecule has 18 heavy (non-hydrogen) atoms. The van der Waals surface area contributed by atoms with Crippen molar-refractivity contribution >= 4 is 11.9 Å². The van der Waals surface area contributed by atoms with Crippen molar-refractivity contribution in [2.24, 2.45) is 5.92 Å². The molecule has 0 bridgehead atoms. The zero-order valence-electron chi connectivity index (χ0n) is 10.7. The predicted octanol–water partition coefficient (Wildman–Crippen LogP) is 1.47. The van der Waals surface area contributed by atoms with Crippen LogP contribution in [-0.4, -0.2) is 42.1 Å². The Balaban J connectivity index is 2.83. The van der Waals surface area contributed by atoms with Gasteiger partial charge in [0.15, 0.2) is 5.76 Å². The average Bonchev–Trinajstić information content (AvgIpc) is 2.74. The molecule has 0 fully saturated rings. The molecule has 100 valence electrons. The van der Waals surface area contributed by atoms with E-state index in [1.807, 2.05) is 13.8 Å².